The van der Waals surface area contributed by atoms with Gasteiger partial charge in [-0.2, -0.15) is 0 Å². The van der Waals surface area contributed by atoms with Crippen LogP contribution in [-0.4, -0.2) is 11.3 Å². The highest BCUT2D eigenvalue weighted by Gasteiger charge is 2.14. The Kier molecular flexibility index (Phi) is 3.75. The molecule has 0 spiro atoms. The van der Waals surface area contributed by atoms with Crippen LogP contribution in [0.15, 0.2) is 10.6 Å². The zero-order chi connectivity index (χ0) is 10.5. The molecule has 0 unspecified atom stereocenters. The fraction of sp³-hybridized carbons (Fsp3) is 0.727. The topological polar surface area (TPSA) is 61.3 Å². The molecule has 4 heteroatoms. The molecule has 1 aromatic rings. The van der Waals surface area contributed by atoms with Gasteiger partial charge in [0.25, 0.3) is 0 Å². The standard InChI is InChI=1S/C11H18N2O2/c12-7-9-6-11(15-13-9)8-14-10-4-2-1-3-5-10/h6,10H,1-5,7-8,12H2. The van der Waals surface area contributed by atoms with E-state index in [0.717, 1.165) is 11.5 Å². The van der Waals surface area contributed by atoms with Gasteiger partial charge in [-0.1, -0.05) is 24.4 Å². The van der Waals surface area contributed by atoms with Crippen molar-refractivity contribution in [3.8, 4) is 0 Å². The minimum atomic E-state index is 0.408. The molecule has 84 valence electrons. The van der Waals surface area contributed by atoms with Crippen LogP contribution < -0.4 is 5.73 Å². The summed E-state index contributed by atoms with van der Waals surface area (Å²) in [5, 5.41) is 3.82. The van der Waals surface area contributed by atoms with Crippen LogP contribution in [0, 0.1) is 0 Å². The Morgan fingerprint density at radius 3 is 2.87 bits per heavy atom. The third-order valence-electron chi connectivity index (χ3n) is 2.83. The number of hydrogen-bond donors (Lipinski definition) is 1. The highest BCUT2D eigenvalue weighted by molar-refractivity contribution is 5.03. The number of ether oxygens (including phenoxy) is 1. The highest BCUT2D eigenvalue weighted by Crippen LogP contribution is 2.21. The largest absolute Gasteiger partial charge is 0.370 e. The molecule has 1 aliphatic rings. The third kappa shape index (κ3) is 3.04. The first-order chi connectivity index (χ1) is 7.38. The molecule has 0 amide bonds. The van der Waals surface area contributed by atoms with E-state index in [4.69, 9.17) is 15.0 Å². The Labute approximate surface area is 89.8 Å². The van der Waals surface area contributed by atoms with Crippen LogP contribution in [0.25, 0.3) is 0 Å². The van der Waals surface area contributed by atoms with Crippen molar-refractivity contribution in [1.82, 2.24) is 5.16 Å². The zero-order valence-electron chi connectivity index (χ0n) is 8.95. The van der Waals surface area contributed by atoms with Crippen molar-refractivity contribution in [2.24, 2.45) is 5.73 Å². The van der Waals surface area contributed by atoms with E-state index in [1.54, 1.807) is 0 Å². The Balaban J connectivity index is 1.76. The van der Waals surface area contributed by atoms with Gasteiger partial charge in [0.1, 0.15) is 6.61 Å². The summed E-state index contributed by atoms with van der Waals surface area (Å²) in [7, 11) is 0. The van der Waals surface area contributed by atoms with Crippen molar-refractivity contribution in [2.45, 2.75) is 51.4 Å². The van der Waals surface area contributed by atoms with E-state index in [1.165, 1.54) is 32.1 Å². The summed E-state index contributed by atoms with van der Waals surface area (Å²) in [6.07, 6.45) is 6.68. The van der Waals surface area contributed by atoms with Crippen molar-refractivity contribution < 1.29 is 9.26 Å². The molecule has 0 atom stereocenters. The minimum Gasteiger partial charge on any atom is -0.370 e. The zero-order valence-corrected chi connectivity index (χ0v) is 8.95. The quantitative estimate of drug-likeness (QED) is 0.825. The number of hydrogen-bond acceptors (Lipinski definition) is 4. The molecule has 0 saturated heterocycles. The predicted molar refractivity (Wildman–Crippen MR) is 56.1 cm³/mol. The molecule has 0 bridgehead atoms. The van der Waals surface area contributed by atoms with Gasteiger partial charge in [0, 0.05) is 12.6 Å². The first-order valence-corrected chi connectivity index (χ1v) is 5.64. The molecule has 1 heterocycles. The van der Waals surface area contributed by atoms with Gasteiger partial charge in [0.15, 0.2) is 5.76 Å². The fourth-order valence-electron chi connectivity index (χ4n) is 1.95. The van der Waals surface area contributed by atoms with Crippen LogP contribution in [0.3, 0.4) is 0 Å². The van der Waals surface area contributed by atoms with E-state index < -0.39 is 0 Å². The maximum Gasteiger partial charge on any atom is 0.162 e. The van der Waals surface area contributed by atoms with Crippen LogP contribution in [0.4, 0.5) is 0 Å². The lowest BCUT2D eigenvalue weighted by molar-refractivity contribution is 0.00667. The van der Waals surface area contributed by atoms with Crippen LogP contribution in [0.1, 0.15) is 43.6 Å². The van der Waals surface area contributed by atoms with Gasteiger partial charge in [0.05, 0.1) is 11.8 Å². The summed E-state index contributed by atoms with van der Waals surface area (Å²) in [6.45, 7) is 0.949. The minimum absolute atomic E-state index is 0.408. The molecule has 2 N–H and O–H groups in total. The maximum absolute atomic E-state index is 5.75. The lowest BCUT2D eigenvalue weighted by Crippen LogP contribution is -2.16. The fourth-order valence-corrected chi connectivity index (χ4v) is 1.95. The van der Waals surface area contributed by atoms with Crippen molar-refractivity contribution in [1.29, 1.82) is 0 Å². The maximum atomic E-state index is 5.75. The van der Waals surface area contributed by atoms with Crippen LogP contribution in [0.2, 0.25) is 0 Å². The predicted octanol–water partition coefficient (Wildman–Crippen LogP) is 1.98. The number of rotatable bonds is 4. The first-order valence-electron chi connectivity index (χ1n) is 5.64. The molecule has 0 radical (unpaired) electrons. The molecular formula is C11H18N2O2. The molecule has 0 aliphatic heterocycles. The van der Waals surface area contributed by atoms with E-state index in [1.807, 2.05) is 6.07 Å². The second-order valence-corrected chi connectivity index (χ2v) is 4.06. The van der Waals surface area contributed by atoms with Gasteiger partial charge >= 0.3 is 0 Å². The SMILES string of the molecule is NCc1cc(COC2CCCCC2)on1. The van der Waals surface area contributed by atoms with Gasteiger partial charge in [-0.15, -0.1) is 0 Å². The Morgan fingerprint density at radius 2 is 2.20 bits per heavy atom. The van der Waals surface area contributed by atoms with Crippen molar-refractivity contribution in [2.75, 3.05) is 0 Å². The number of aromatic nitrogens is 1. The molecular weight excluding hydrogens is 192 g/mol. The molecule has 1 aliphatic carbocycles. The summed E-state index contributed by atoms with van der Waals surface area (Å²) in [4.78, 5) is 0. The second kappa shape index (κ2) is 5.28. The van der Waals surface area contributed by atoms with E-state index in [-0.39, 0.29) is 0 Å². The van der Waals surface area contributed by atoms with Gasteiger partial charge in [-0.05, 0) is 12.8 Å². The van der Waals surface area contributed by atoms with E-state index in [0.29, 0.717) is 19.3 Å². The normalized spacial score (nSPS) is 18.2. The molecule has 4 nitrogen and oxygen atoms in total. The summed E-state index contributed by atoms with van der Waals surface area (Å²) in [5.74, 6) is 0.779. The van der Waals surface area contributed by atoms with Gasteiger partial charge in [0.2, 0.25) is 0 Å². The number of nitrogens with two attached hydrogens (primary N) is 1. The molecule has 15 heavy (non-hydrogen) atoms. The lowest BCUT2D eigenvalue weighted by atomic mass is 9.98. The van der Waals surface area contributed by atoms with Crippen molar-refractivity contribution in [3.05, 3.63) is 17.5 Å². The Hall–Kier alpha value is -0.870. The summed E-state index contributed by atoms with van der Waals surface area (Å²) in [5.41, 5.74) is 6.23. The van der Waals surface area contributed by atoms with Gasteiger partial charge in [-0.3, -0.25) is 0 Å². The van der Waals surface area contributed by atoms with E-state index in [2.05, 4.69) is 5.16 Å². The highest BCUT2D eigenvalue weighted by atomic mass is 16.5. The Morgan fingerprint density at radius 1 is 1.40 bits per heavy atom. The van der Waals surface area contributed by atoms with Gasteiger partial charge in [-0.25, -0.2) is 0 Å². The van der Waals surface area contributed by atoms with Crippen LogP contribution in [0.5, 0.6) is 0 Å². The lowest BCUT2D eigenvalue weighted by Gasteiger charge is -2.21. The molecule has 2 rings (SSSR count). The third-order valence-corrected chi connectivity index (χ3v) is 2.83. The molecule has 0 aromatic carbocycles. The second-order valence-electron chi connectivity index (χ2n) is 4.06. The van der Waals surface area contributed by atoms with Crippen molar-refractivity contribution >= 4 is 0 Å². The van der Waals surface area contributed by atoms with E-state index in [9.17, 15) is 0 Å². The summed E-state index contributed by atoms with van der Waals surface area (Å²) in [6, 6.07) is 1.86. The van der Waals surface area contributed by atoms with Crippen molar-refractivity contribution in [3.63, 3.8) is 0 Å². The summed E-state index contributed by atoms with van der Waals surface area (Å²) < 4.78 is 10.8. The van der Waals surface area contributed by atoms with E-state index >= 15 is 0 Å². The molecule has 1 fully saturated rings. The van der Waals surface area contributed by atoms with Gasteiger partial charge < -0.3 is 15.0 Å². The van der Waals surface area contributed by atoms with Crippen LogP contribution in [-0.2, 0) is 17.9 Å². The first kappa shape index (κ1) is 10.6. The average Bonchev–Trinajstić information content (AvgIpc) is 2.76. The summed E-state index contributed by atoms with van der Waals surface area (Å²) >= 11 is 0. The Bertz CT molecular complexity index is 293. The number of nitrogens with zero attached hydrogens (tertiary/aromatic N) is 1. The van der Waals surface area contributed by atoms with Crippen LogP contribution >= 0.6 is 0 Å². The molecule has 1 saturated carbocycles. The smallest absolute Gasteiger partial charge is 0.162 e. The molecule has 1 aromatic heterocycles. The monoisotopic (exact) mass is 210 g/mol. The average molecular weight is 210 g/mol.